The second-order valence-corrected chi connectivity index (χ2v) is 5.88. The second kappa shape index (κ2) is 7.34. The predicted octanol–water partition coefficient (Wildman–Crippen LogP) is 2.76. The van der Waals surface area contributed by atoms with Crippen LogP contribution in [-0.4, -0.2) is 28.6 Å². The number of nitrogens with zero attached hydrogens (tertiary/aromatic N) is 2. The van der Waals surface area contributed by atoms with Gasteiger partial charge in [0.2, 0.25) is 0 Å². The molecule has 1 N–H and O–H groups in total. The summed E-state index contributed by atoms with van der Waals surface area (Å²) >= 11 is 0. The zero-order valence-corrected chi connectivity index (χ0v) is 14.3. The number of hydrogen-bond donors (Lipinski definition) is 1. The molecule has 0 radical (unpaired) electrons. The average Bonchev–Trinajstić information content (AvgIpc) is 2.88. The summed E-state index contributed by atoms with van der Waals surface area (Å²) in [5.74, 6) is 0.891. The lowest BCUT2D eigenvalue weighted by atomic mass is 10.1. The van der Waals surface area contributed by atoms with Crippen molar-refractivity contribution in [3.8, 4) is 5.75 Å². The molecule has 0 aliphatic rings. The molecule has 0 aliphatic heterocycles. The van der Waals surface area contributed by atoms with Gasteiger partial charge in [-0.1, -0.05) is 6.07 Å². The van der Waals surface area contributed by atoms with Gasteiger partial charge in [0.05, 0.1) is 11.0 Å². The smallest absolute Gasteiger partial charge is 0.257 e. The molecule has 3 rings (SSSR count). The molecular weight excluding hydrogens is 321 g/mol. The molecule has 0 aliphatic carbocycles. The van der Waals surface area contributed by atoms with E-state index >= 15 is 0 Å². The van der Waals surface area contributed by atoms with Crippen molar-refractivity contribution < 1.29 is 13.9 Å². The predicted molar refractivity (Wildman–Crippen MR) is 94.1 cm³/mol. The van der Waals surface area contributed by atoms with Crippen molar-refractivity contribution in [3.05, 3.63) is 59.7 Å². The SMILES string of the molecule is Cc1nc2cc(CCNC(=O)COc3ccc(F)cc3)ccc2n1C. The molecule has 1 amide bonds. The van der Waals surface area contributed by atoms with Crippen molar-refractivity contribution in [2.75, 3.05) is 13.2 Å². The fourth-order valence-electron chi connectivity index (χ4n) is 2.60. The molecule has 0 saturated heterocycles. The lowest BCUT2D eigenvalue weighted by Crippen LogP contribution is -2.30. The zero-order valence-electron chi connectivity index (χ0n) is 14.3. The topological polar surface area (TPSA) is 56.1 Å². The van der Waals surface area contributed by atoms with Crippen molar-refractivity contribution in [1.29, 1.82) is 0 Å². The monoisotopic (exact) mass is 341 g/mol. The molecule has 0 fully saturated rings. The highest BCUT2D eigenvalue weighted by Crippen LogP contribution is 2.16. The lowest BCUT2D eigenvalue weighted by Gasteiger charge is -2.08. The molecule has 0 spiro atoms. The summed E-state index contributed by atoms with van der Waals surface area (Å²) in [5.41, 5.74) is 3.17. The first-order chi connectivity index (χ1) is 12.0. The highest BCUT2D eigenvalue weighted by Gasteiger charge is 2.06. The lowest BCUT2D eigenvalue weighted by molar-refractivity contribution is -0.123. The highest BCUT2D eigenvalue weighted by atomic mass is 19.1. The van der Waals surface area contributed by atoms with Crippen molar-refractivity contribution in [2.24, 2.45) is 7.05 Å². The Kier molecular flexibility index (Phi) is 4.97. The van der Waals surface area contributed by atoms with E-state index in [1.165, 1.54) is 24.3 Å². The first-order valence-corrected chi connectivity index (χ1v) is 8.10. The Balaban J connectivity index is 1.47. The van der Waals surface area contributed by atoms with Crippen LogP contribution in [-0.2, 0) is 18.3 Å². The number of rotatable bonds is 6. The molecule has 1 aromatic heterocycles. The van der Waals surface area contributed by atoms with E-state index in [1.54, 1.807) is 0 Å². The fourth-order valence-corrected chi connectivity index (χ4v) is 2.60. The van der Waals surface area contributed by atoms with Crippen LogP contribution in [0.4, 0.5) is 4.39 Å². The summed E-state index contributed by atoms with van der Waals surface area (Å²) in [6.07, 6.45) is 0.716. The molecule has 1 heterocycles. The number of hydrogen-bond acceptors (Lipinski definition) is 3. The van der Waals surface area contributed by atoms with E-state index in [0.717, 1.165) is 22.4 Å². The van der Waals surface area contributed by atoms with Crippen molar-refractivity contribution in [1.82, 2.24) is 14.9 Å². The first kappa shape index (κ1) is 17.0. The third kappa shape index (κ3) is 4.15. The number of fused-ring (bicyclic) bond motifs is 1. The maximum atomic E-state index is 12.8. The molecule has 25 heavy (non-hydrogen) atoms. The fraction of sp³-hybridized carbons (Fsp3) is 0.263. The number of carbonyl (C=O) groups is 1. The molecule has 2 aromatic carbocycles. The van der Waals surface area contributed by atoms with Gasteiger partial charge in [0.1, 0.15) is 17.4 Å². The van der Waals surface area contributed by atoms with E-state index in [-0.39, 0.29) is 18.3 Å². The molecule has 0 saturated carbocycles. The number of carbonyl (C=O) groups excluding carboxylic acids is 1. The van der Waals surface area contributed by atoms with Gasteiger partial charge in [-0.25, -0.2) is 9.37 Å². The van der Waals surface area contributed by atoms with E-state index in [0.29, 0.717) is 18.7 Å². The number of imidazole rings is 1. The highest BCUT2D eigenvalue weighted by molar-refractivity contribution is 5.78. The number of ether oxygens (including phenoxy) is 1. The first-order valence-electron chi connectivity index (χ1n) is 8.10. The Morgan fingerprint density at radius 1 is 1.24 bits per heavy atom. The minimum atomic E-state index is -0.336. The standard InChI is InChI=1S/C19H20FN3O2/c1-13-22-17-11-14(3-8-18(17)23(13)2)9-10-21-19(24)12-25-16-6-4-15(20)5-7-16/h3-8,11H,9-10,12H2,1-2H3,(H,21,24). The third-order valence-electron chi connectivity index (χ3n) is 4.09. The van der Waals surface area contributed by atoms with E-state index < -0.39 is 0 Å². The maximum absolute atomic E-state index is 12.8. The van der Waals surface area contributed by atoms with E-state index in [1.807, 2.05) is 36.7 Å². The summed E-state index contributed by atoms with van der Waals surface area (Å²) in [6.45, 7) is 2.40. The van der Waals surface area contributed by atoms with E-state index in [9.17, 15) is 9.18 Å². The molecular formula is C19H20FN3O2. The van der Waals surface area contributed by atoms with Gasteiger partial charge in [0.25, 0.3) is 5.91 Å². The van der Waals surface area contributed by atoms with Crippen LogP contribution in [0.25, 0.3) is 11.0 Å². The number of aryl methyl sites for hydroxylation is 2. The minimum Gasteiger partial charge on any atom is -0.484 e. The Bertz CT molecular complexity index is 888. The molecule has 5 nitrogen and oxygen atoms in total. The van der Waals surface area contributed by atoms with Crippen LogP contribution >= 0.6 is 0 Å². The molecule has 0 atom stereocenters. The van der Waals surface area contributed by atoms with Crippen LogP contribution < -0.4 is 10.1 Å². The summed E-state index contributed by atoms with van der Waals surface area (Å²) in [5, 5.41) is 2.81. The summed E-state index contributed by atoms with van der Waals surface area (Å²) in [4.78, 5) is 16.3. The Hall–Kier alpha value is -2.89. The second-order valence-electron chi connectivity index (χ2n) is 5.88. The Labute approximate surface area is 145 Å². The van der Waals surface area contributed by atoms with Gasteiger partial charge in [-0.15, -0.1) is 0 Å². The quantitative estimate of drug-likeness (QED) is 0.750. The summed E-state index contributed by atoms with van der Waals surface area (Å²) in [7, 11) is 1.99. The molecule has 130 valence electrons. The largest absolute Gasteiger partial charge is 0.484 e. The van der Waals surface area contributed by atoms with E-state index in [4.69, 9.17) is 4.74 Å². The van der Waals surface area contributed by atoms with Gasteiger partial charge in [-0.3, -0.25) is 4.79 Å². The van der Waals surface area contributed by atoms with Gasteiger partial charge in [-0.05, 0) is 55.3 Å². The molecule has 0 unspecified atom stereocenters. The van der Waals surface area contributed by atoms with Crippen LogP contribution in [0.3, 0.4) is 0 Å². The number of amides is 1. The Morgan fingerprint density at radius 3 is 2.76 bits per heavy atom. The zero-order chi connectivity index (χ0) is 17.8. The number of benzene rings is 2. The van der Waals surface area contributed by atoms with Crippen LogP contribution in [0.15, 0.2) is 42.5 Å². The number of nitrogens with one attached hydrogen (secondary N) is 1. The molecule has 0 bridgehead atoms. The molecule has 6 heteroatoms. The average molecular weight is 341 g/mol. The maximum Gasteiger partial charge on any atom is 0.257 e. The van der Waals surface area contributed by atoms with Gasteiger partial charge in [0, 0.05) is 13.6 Å². The van der Waals surface area contributed by atoms with Crippen molar-refractivity contribution in [2.45, 2.75) is 13.3 Å². The Morgan fingerprint density at radius 2 is 2.00 bits per heavy atom. The van der Waals surface area contributed by atoms with Crippen molar-refractivity contribution in [3.63, 3.8) is 0 Å². The third-order valence-corrected chi connectivity index (χ3v) is 4.09. The van der Waals surface area contributed by atoms with Gasteiger partial charge in [-0.2, -0.15) is 0 Å². The normalized spacial score (nSPS) is 10.8. The minimum absolute atomic E-state index is 0.0932. The van der Waals surface area contributed by atoms with Crippen molar-refractivity contribution >= 4 is 16.9 Å². The van der Waals surface area contributed by atoms with E-state index in [2.05, 4.69) is 10.3 Å². The van der Waals surface area contributed by atoms with Crippen LogP contribution in [0.2, 0.25) is 0 Å². The van der Waals surface area contributed by atoms with Crippen LogP contribution in [0, 0.1) is 12.7 Å². The van der Waals surface area contributed by atoms with Gasteiger partial charge < -0.3 is 14.6 Å². The molecule has 3 aromatic rings. The summed E-state index contributed by atoms with van der Waals surface area (Å²) in [6, 6.07) is 11.7. The van der Waals surface area contributed by atoms with Crippen LogP contribution in [0.5, 0.6) is 5.75 Å². The number of halogens is 1. The van der Waals surface area contributed by atoms with Gasteiger partial charge >= 0.3 is 0 Å². The van der Waals surface area contributed by atoms with Crippen LogP contribution in [0.1, 0.15) is 11.4 Å². The van der Waals surface area contributed by atoms with Gasteiger partial charge in [0.15, 0.2) is 6.61 Å². The summed E-state index contributed by atoms with van der Waals surface area (Å²) < 4.78 is 20.2. The number of aromatic nitrogens is 2.